The number of amides is 1. The SMILES string of the molecule is COC1C=COC2(C)Oc3c(C)c(O)c4c(O)c(c(/C=N/N5CCCN(Cc6ccccc6)CC5)c(O)c4c3C2=O)NC(=O)C(C)=CC=CC(C)C(O)C(C)C(O)C(C)C(OC(C)=O)C1C. The number of aromatic hydroxyl groups is 3. The van der Waals surface area contributed by atoms with Crippen LogP contribution in [0.4, 0.5) is 5.69 Å². The number of hydrogen-bond acceptors (Lipinski definition) is 15. The first-order valence-electron chi connectivity index (χ1n) is 22.4. The number of benzene rings is 3. The van der Waals surface area contributed by atoms with Gasteiger partial charge < -0.3 is 49.8 Å². The van der Waals surface area contributed by atoms with Crippen molar-refractivity contribution in [1.29, 1.82) is 0 Å². The van der Waals surface area contributed by atoms with Crippen LogP contribution in [-0.2, 0) is 30.3 Å². The van der Waals surface area contributed by atoms with Gasteiger partial charge in [0.15, 0.2) is 5.75 Å². The van der Waals surface area contributed by atoms with E-state index in [2.05, 4.69) is 22.3 Å². The molecule has 5 bridgehead atoms. The zero-order valence-corrected chi connectivity index (χ0v) is 39.1. The first-order chi connectivity index (χ1) is 31.3. The smallest absolute Gasteiger partial charge is 0.312 e. The second-order valence-electron chi connectivity index (χ2n) is 17.9. The Morgan fingerprint density at radius 2 is 1.64 bits per heavy atom. The Morgan fingerprint density at radius 3 is 2.32 bits per heavy atom. The van der Waals surface area contributed by atoms with Gasteiger partial charge in [0.1, 0.15) is 23.4 Å². The average Bonchev–Trinajstić information content (AvgIpc) is 3.39. The first-order valence-corrected chi connectivity index (χ1v) is 22.4. The van der Waals surface area contributed by atoms with Gasteiger partial charge >= 0.3 is 11.8 Å². The monoisotopic (exact) mass is 912 g/mol. The molecule has 3 aromatic rings. The number of ether oxygens (including phenoxy) is 4. The molecule has 4 heterocycles. The standard InChI is InChI=1S/C50H64N4O12/c1-27-15-13-16-28(2)49(62)52-40-35(25-51-54-21-14-20-53(22-23-54)26-34-17-11-10-12-18-34)44(59)37-38(45(40)60)43(58)32(6)47-39(37)48(61)50(8,66-47)64-24-19-36(63-9)29(3)46(65-33(7)55)31(5)42(57)30(4)41(27)56/h10-13,15-19,24-25,27,29-31,36,41-42,46,56-60H,14,20-23,26H2,1-9H3,(H,52,62)/b15-13?,24-19?,28-16?,51-25+. The number of esters is 1. The molecule has 1 fully saturated rings. The fraction of sp³-hybridized carbons (Fsp3) is 0.480. The van der Waals surface area contributed by atoms with Crippen LogP contribution < -0.4 is 10.1 Å². The normalized spacial score (nSPS) is 28.3. The number of aliphatic hydroxyl groups excluding tert-OH is 2. The highest BCUT2D eigenvalue weighted by Crippen LogP contribution is 2.55. The van der Waals surface area contributed by atoms with E-state index < -0.39 is 88.8 Å². The number of nitrogens with one attached hydrogen (secondary N) is 1. The van der Waals surface area contributed by atoms with E-state index in [1.807, 2.05) is 23.2 Å². The zero-order valence-electron chi connectivity index (χ0n) is 39.1. The summed E-state index contributed by atoms with van der Waals surface area (Å²) in [4.78, 5) is 43.2. The Morgan fingerprint density at radius 1 is 0.924 bits per heavy atom. The average molecular weight is 913 g/mol. The molecule has 7 rings (SSSR count). The molecular weight excluding hydrogens is 849 g/mol. The number of phenolic OH excluding ortho intramolecular Hbond substituents is 3. The minimum atomic E-state index is -2.06. The van der Waals surface area contributed by atoms with Gasteiger partial charge in [0.2, 0.25) is 0 Å². The van der Waals surface area contributed by atoms with Gasteiger partial charge in [-0.3, -0.25) is 24.3 Å². The van der Waals surface area contributed by atoms with Crippen molar-refractivity contribution in [2.24, 2.45) is 28.8 Å². The number of fused-ring (bicyclic) bond motifs is 14. The van der Waals surface area contributed by atoms with E-state index in [0.29, 0.717) is 19.6 Å². The van der Waals surface area contributed by atoms with Gasteiger partial charge in [0, 0.05) is 93.9 Å². The van der Waals surface area contributed by atoms with E-state index in [-0.39, 0.29) is 44.5 Å². The lowest BCUT2D eigenvalue weighted by Gasteiger charge is -2.38. The number of carbonyl (C=O) groups excluding carboxylic acids is 3. The van der Waals surface area contributed by atoms with Crippen LogP contribution in [0.15, 0.2) is 71.6 Å². The van der Waals surface area contributed by atoms with Crippen molar-refractivity contribution in [2.45, 2.75) is 98.6 Å². The summed E-state index contributed by atoms with van der Waals surface area (Å²) in [5.74, 6) is -8.41. The van der Waals surface area contributed by atoms with Gasteiger partial charge in [0.25, 0.3) is 11.7 Å². The maximum atomic E-state index is 14.6. The van der Waals surface area contributed by atoms with Crippen LogP contribution in [0.3, 0.4) is 0 Å². The Balaban J connectivity index is 1.47. The molecular formula is C50H64N4O12. The van der Waals surface area contributed by atoms with E-state index in [9.17, 15) is 39.9 Å². The van der Waals surface area contributed by atoms with Crippen LogP contribution in [0.5, 0.6) is 23.0 Å². The van der Waals surface area contributed by atoms with Crippen LogP contribution in [0.2, 0.25) is 0 Å². The van der Waals surface area contributed by atoms with Gasteiger partial charge in [-0.05, 0) is 31.9 Å². The minimum absolute atomic E-state index is 0.0533. The Labute approximate surface area is 385 Å². The zero-order chi connectivity index (χ0) is 48.2. The fourth-order valence-electron chi connectivity index (χ4n) is 9.08. The third-order valence-electron chi connectivity index (χ3n) is 13.2. The second kappa shape index (κ2) is 20.7. The van der Waals surface area contributed by atoms with Crippen LogP contribution >= 0.6 is 0 Å². The first kappa shape index (κ1) is 49.5. The molecule has 0 saturated carbocycles. The predicted octanol–water partition coefficient (Wildman–Crippen LogP) is 6.30. The highest BCUT2D eigenvalue weighted by atomic mass is 16.7. The van der Waals surface area contributed by atoms with Gasteiger partial charge in [-0.15, -0.1) is 0 Å². The molecule has 356 valence electrons. The lowest BCUT2D eigenvalue weighted by molar-refractivity contribution is -0.160. The van der Waals surface area contributed by atoms with Gasteiger partial charge in [-0.25, -0.2) is 0 Å². The minimum Gasteiger partial charge on any atom is -0.507 e. The molecule has 4 aliphatic rings. The molecule has 1 amide bonds. The highest BCUT2D eigenvalue weighted by molar-refractivity contribution is 6.23. The molecule has 0 radical (unpaired) electrons. The Kier molecular flexibility index (Phi) is 15.5. The summed E-state index contributed by atoms with van der Waals surface area (Å²) in [5.41, 5.74) is 0.823. The van der Waals surface area contributed by atoms with Crippen molar-refractivity contribution in [3.63, 3.8) is 0 Å². The topological polar surface area (TPSA) is 220 Å². The van der Waals surface area contributed by atoms with Gasteiger partial charge in [-0.2, -0.15) is 5.10 Å². The molecule has 16 nitrogen and oxygen atoms in total. The van der Waals surface area contributed by atoms with E-state index in [4.69, 9.17) is 24.0 Å². The Hall–Kier alpha value is -5.94. The number of anilines is 1. The van der Waals surface area contributed by atoms with Crippen LogP contribution in [0.1, 0.15) is 81.9 Å². The number of Topliss-reactive ketones (excluding diaryl/α,β-unsaturated/α-hetero) is 1. The molecule has 3 aromatic carbocycles. The molecule has 4 aliphatic heterocycles. The summed E-state index contributed by atoms with van der Waals surface area (Å²) in [7, 11) is 1.44. The number of aliphatic hydroxyl groups is 2. The number of nitrogens with zero attached hydrogens (tertiary/aromatic N) is 3. The molecule has 0 spiro atoms. The number of ketones is 1. The van der Waals surface area contributed by atoms with E-state index >= 15 is 0 Å². The maximum absolute atomic E-state index is 14.6. The molecule has 9 unspecified atom stereocenters. The molecule has 66 heavy (non-hydrogen) atoms. The number of allylic oxidation sites excluding steroid dienone is 2. The third kappa shape index (κ3) is 10.2. The third-order valence-corrected chi connectivity index (χ3v) is 13.2. The van der Waals surface area contributed by atoms with Gasteiger partial charge in [0.05, 0.1) is 53.0 Å². The molecule has 16 heteroatoms. The van der Waals surface area contributed by atoms with Crippen molar-refractivity contribution in [1.82, 2.24) is 9.91 Å². The molecule has 9 atom stereocenters. The summed E-state index contributed by atoms with van der Waals surface area (Å²) in [6, 6.07) is 10.1. The van der Waals surface area contributed by atoms with Crippen molar-refractivity contribution in [3.05, 3.63) is 88.7 Å². The lowest BCUT2D eigenvalue weighted by atomic mass is 9.78. The predicted molar refractivity (Wildman–Crippen MR) is 249 cm³/mol. The van der Waals surface area contributed by atoms with Crippen LogP contribution in [0.25, 0.3) is 10.8 Å². The molecule has 6 N–H and O–H groups in total. The summed E-state index contributed by atoms with van der Waals surface area (Å²) in [5, 5.41) is 67.8. The summed E-state index contributed by atoms with van der Waals surface area (Å²) < 4.78 is 23.8. The molecule has 0 aliphatic carbocycles. The van der Waals surface area contributed by atoms with E-state index in [1.54, 1.807) is 39.8 Å². The number of phenols is 3. The quantitative estimate of drug-likeness (QED) is 0.0693. The van der Waals surface area contributed by atoms with Crippen molar-refractivity contribution >= 4 is 40.3 Å². The maximum Gasteiger partial charge on any atom is 0.312 e. The fourth-order valence-corrected chi connectivity index (χ4v) is 9.08. The van der Waals surface area contributed by atoms with Crippen LogP contribution in [0, 0.1) is 30.6 Å². The molecule has 0 aromatic heterocycles. The van der Waals surface area contributed by atoms with E-state index in [0.717, 1.165) is 19.5 Å². The molecule has 1 saturated heterocycles. The summed E-state index contributed by atoms with van der Waals surface area (Å²) in [6.07, 6.45) is 5.67. The Bertz CT molecular complexity index is 2420. The van der Waals surface area contributed by atoms with Crippen molar-refractivity contribution in [3.8, 4) is 23.0 Å². The van der Waals surface area contributed by atoms with Crippen LogP contribution in [-0.4, -0.2) is 123 Å². The summed E-state index contributed by atoms with van der Waals surface area (Å²) in [6.45, 7) is 15.9. The number of hydrogen-bond donors (Lipinski definition) is 6. The van der Waals surface area contributed by atoms with Crippen molar-refractivity contribution < 1.29 is 58.9 Å². The highest BCUT2D eigenvalue weighted by Gasteiger charge is 2.50. The van der Waals surface area contributed by atoms with Gasteiger partial charge in [-0.1, -0.05) is 76.3 Å². The second-order valence-corrected chi connectivity index (χ2v) is 17.9. The largest absolute Gasteiger partial charge is 0.507 e. The lowest BCUT2D eigenvalue weighted by Crippen LogP contribution is -2.46. The van der Waals surface area contributed by atoms with Crippen molar-refractivity contribution in [2.75, 3.05) is 38.6 Å². The summed E-state index contributed by atoms with van der Waals surface area (Å²) >= 11 is 0. The number of rotatable bonds is 6. The van der Waals surface area contributed by atoms with E-state index in [1.165, 1.54) is 65.0 Å². The number of methoxy groups -OCH3 is 1. The number of carbonyl (C=O) groups is 3. The number of hydrazone groups is 1.